The number of carbonyl (C=O) groups excluding carboxylic acids is 1. The van der Waals surface area contributed by atoms with Gasteiger partial charge >= 0.3 is 0 Å². The standard InChI is InChI=1S/C12H20N2O3S2/c1-3-5-6-11(15)13-12-14(4-2)9-7-19(16,17)8-10(9)18-12/h9-10H,3-8H2,1-2H3/t9-,10-/m1/s1. The van der Waals surface area contributed by atoms with E-state index in [9.17, 15) is 13.2 Å². The molecule has 0 aliphatic carbocycles. The van der Waals surface area contributed by atoms with Gasteiger partial charge in [0.2, 0.25) is 5.91 Å². The van der Waals surface area contributed by atoms with E-state index >= 15 is 0 Å². The maximum atomic E-state index is 11.7. The number of carbonyl (C=O) groups is 1. The predicted octanol–water partition coefficient (Wildman–Crippen LogP) is 1.29. The molecule has 19 heavy (non-hydrogen) atoms. The van der Waals surface area contributed by atoms with Crippen molar-refractivity contribution in [3.63, 3.8) is 0 Å². The van der Waals surface area contributed by atoms with E-state index in [4.69, 9.17) is 0 Å². The van der Waals surface area contributed by atoms with Gasteiger partial charge in [-0.15, -0.1) is 0 Å². The second-order valence-electron chi connectivity index (χ2n) is 4.98. The highest BCUT2D eigenvalue weighted by Gasteiger charge is 2.48. The summed E-state index contributed by atoms with van der Waals surface area (Å²) in [6.07, 6.45) is 2.31. The van der Waals surface area contributed by atoms with E-state index in [1.807, 2.05) is 18.7 Å². The number of unbranched alkanes of at least 4 members (excludes halogenated alkanes) is 1. The van der Waals surface area contributed by atoms with Crippen LogP contribution in [0.3, 0.4) is 0 Å². The van der Waals surface area contributed by atoms with Crippen molar-refractivity contribution in [1.82, 2.24) is 4.90 Å². The van der Waals surface area contributed by atoms with Gasteiger partial charge in [0.1, 0.15) is 0 Å². The number of hydrogen-bond donors (Lipinski definition) is 0. The summed E-state index contributed by atoms with van der Waals surface area (Å²) < 4.78 is 23.3. The van der Waals surface area contributed by atoms with E-state index in [1.165, 1.54) is 11.8 Å². The number of amides is 1. The third-order valence-corrected chi connectivity index (χ3v) is 6.73. The van der Waals surface area contributed by atoms with E-state index in [0.717, 1.165) is 12.8 Å². The van der Waals surface area contributed by atoms with E-state index in [-0.39, 0.29) is 28.7 Å². The summed E-state index contributed by atoms with van der Waals surface area (Å²) in [7, 11) is -2.92. The van der Waals surface area contributed by atoms with E-state index in [0.29, 0.717) is 18.1 Å². The molecule has 7 heteroatoms. The van der Waals surface area contributed by atoms with Gasteiger partial charge in [-0.2, -0.15) is 4.99 Å². The van der Waals surface area contributed by atoms with Crippen LogP contribution in [0.15, 0.2) is 4.99 Å². The van der Waals surface area contributed by atoms with Gasteiger partial charge in [-0.05, 0) is 13.3 Å². The Labute approximate surface area is 118 Å². The number of aliphatic imine (C=N–C) groups is 1. The van der Waals surface area contributed by atoms with Gasteiger partial charge < -0.3 is 4.90 Å². The zero-order valence-electron chi connectivity index (χ0n) is 11.3. The average Bonchev–Trinajstić information content (AvgIpc) is 2.77. The molecule has 0 aromatic heterocycles. The molecule has 0 aromatic rings. The molecule has 0 spiro atoms. The molecule has 1 amide bonds. The van der Waals surface area contributed by atoms with Crippen molar-refractivity contribution in [2.75, 3.05) is 18.1 Å². The number of fused-ring (bicyclic) bond motifs is 1. The fraction of sp³-hybridized carbons (Fsp3) is 0.833. The van der Waals surface area contributed by atoms with Gasteiger partial charge in [0, 0.05) is 18.2 Å². The van der Waals surface area contributed by atoms with Crippen molar-refractivity contribution in [2.24, 2.45) is 4.99 Å². The summed E-state index contributed by atoms with van der Waals surface area (Å²) in [4.78, 5) is 17.9. The monoisotopic (exact) mass is 304 g/mol. The van der Waals surface area contributed by atoms with Crippen molar-refractivity contribution >= 4 is 32.7 Å². The first-order valence-corrected chi connectivity index (χ1v) is 9.42. The molecule has 5 nitrogen and oxygen atoms in total. The molecule has 2 aliphatic heterocycles. The molecule has 2 fully saturated rings. The molecule has 0 saturated carbocycles. The maximum absolute atomic E-state index is 11.7. The topological polar surface area (TPSA) is 66.8 Å². The minimum absolute atomic E-state index is 0.00211. The van der Waals surface area contributed by atoms with Crippen molar-refractivity contribution < 1.29 is 13.2 Å². The molecule has 0 N–H and O–H groups in total. The van der Waals surface area contributed by atoms with Crippen LogP contribution in [0, 0.1) is 0 Å². The van der Waals surface area contributed by atoms with Crippen LogP contribution in [0.25, 0.3) is 0 Å². The minimum atomic E-state index is -2.92. The molecule has 0 aromatic carbocycles. The molecule has 108 valence electrons. The molecule has 2 saturated heterocycles. The molecular weight excluding hydrogens is 284 g/mol. The third kappa shape index (κ3) is 3.31. The number of thioether (sulfide) groups is 1. The normalized spacial score (nSPS) is 30.8. The maximum Gasteiger partial charge on any atom is 0.248 e. The van der Waals surface area contributed by atoms with Crippen LogP contribution in [-0.2, 0) is 14.6 Å². The Morgan fingerprint density at radius 3 is 2.79 bits per heavy atom. The largest absolute Gasteiger partial charge is 0.346 e. The van der Waals surface area contributed by atoms with Crippen LogP contribution in [-0.4, -0.2) is 53.7 Å². The Balaban J connectivity index is 2.09. The first-order chi connectivity index (χ1) is 8.96. The van der Waals surface area contributed by atoms with Gasteiger partial charge in [-0.3, -0.25) is 4.79 Å². The molecular formula is C12H20N2O3S2. The number of amidine groups is 1. The predicted molar refractivity (Wildman–Crippen MR) is 78.2 cm³/mol. The fourth-order valence-electron chi connectivity index (χ4n) is 2.50. The Kier molecular flexibility index (Phi) is 4.55. The highest BCUT2D eigenvalue weighted by molar-refractivity contribution is 8.15. The van der Waals surface area contributed by atoms with E-state index < -0.39 is 9.84 Å². The number of nitrogens with zero attached hydrogens (tertiary/aromatic N) is 2. The summed E-state index contributed by atoms with van der Waals surface area (Å²) in [6, 6.07) is -0.00211. The molecule has 2 aliphatic rings. The van der Waals surface area contributed by atoms with Gasteiger partial charge in [-0.25, -0.2) is 8.42 Å². The van der Waals surface area contributed by atoms with Crippen molar-refractivity contribution in [1.29, 1.82) is 0 Å². The number of sulfone groups is 1. The lowest BCUT2D eigenvalue weighted by Gasteiger charge is -2.22. The quantitative estimate of drug-likeness (QED) is 0.783. The van der Waals surface area contributed by atoms with Crippen LogP contribution in [0.5, 0.6) is 0 Å². The molecule has 0 unspecified atom stereocenters. The van der Waals surface area contributed by atoms with Gasteiger partial charge in [0.15, 0.2) is 15.0 Å². The summed E-state index contributed by atoms with van der Waals surface area (Å²) >= 11 is 1.45. The fourth-order valence-corrected chi connectivity index (χ4v) is 6.53. The Morgan fingerprint density at radius 2 is 2.16 bits per heavy atom. The van der Waals surface area contributed by atoms with Crippen molar-refractivity contribution in [2.45, 2.75) is 44.4 Å². The summed E-state index contributed by atoms with van der Waals surface area (Å²) in [5.41, 5.74) is 0. The van der Waals surface area contributed by atoms with Gasteiger partial charge in [-0.1, -0.05) is 25.1 Å². The van der Waals surface area contributed by atoms with Crippen LogP contribution in [0.1, 0.15) is 33.1 Å². The summed E-state index contributed by atoms with van der Waals surface area (Å²) in [6.45, 7) is 4.71. The molecule has 2 rings (SSSR count). The lowest BCUT2D eigenvalue weighted by atomic mass is 10.2. The average molecular weight is 304 g/mol. The van der Waals surface area contributed by atoms with Crippen LogP contribution in [0.4, 0.5) is 0 Å². The lowest BCUT2D eigenvalue weighted by molar-refractivity contribution is -0.117. The number of rotatable bonds is 4. The van der Waals surface area contributed by atoms with E-state index in [1.54, 1.807) is 0 Å². The Morgan fingerprint density at radius 1 is 1.42 bits per heavy atom. The van der Waals surface area contributed by atoms with Crippen molar-refractivity contribution in [3.05, 3.63) is 0 Å². The summed E-state index contributed by atoms with van der Waals surface area (Å²) in [5, 5.41) is 0.760. The van der Waals surface area contributed by atoms with Crippen LogP contribution in [0.2, 0.25) is 0 Å². The van der Waals surface area contributed by atoms with Crippen LogP contribution >= 0.6 is 11.8 Å². The van der Waals surface area contributed by atoms with Crippen molar-refractivity contribution in [3.8, 4) is 0 Å². The van der Waals surface area contributed by atoms with Crippen LogP contribution < -0.4 is 0 Å². The zero-order valence-corrected chi connectivity index (χ0v) is 13.0. The highest BCUT2D eigenvalue weighted by Crippen LogP contribution is 2.37. The smallest absolute Gasteiger partial charge is 0.248 e. The van der Waals surface area contributed by atoms with Gasteiger partial charge in [0.25, 0.3) is 0 Å². The molecule has 2 heterocycles. The molecule has 2 atom stereocenters. The molecule has 0 bridgehead atoms. The first kappa shape index (κ1) is 14.8. The SMILES string of the molecule is CCCCC(=O)N=C1S[C@@H]2CS(=O)(=O)C[C@H]2N1CC. The second-order valence-corrected chi connectivity index (χ2v) is 8.34. The highest BCUT2D eigenvalue weighted by atomic mass is 32.2. The first-order valence-electron chi connectivity index (χ1n) is 6.72. The van der Waals surface area contributed by atoms with E-state index in [2.05, 4.69) is 4.99 Å². The Bertz CT molecular complexity index is 487. The minimum Gasteiger partial charge on any atom is -0.346 e. The lowest BCUT2D eigenvalue weighted by Crippen LogP contribution is -2.37. The number of hydrogen-bond acceptors (Lipinski definition) is 4. The Hall–Kier alpha value is -0.560. The van der Waals surface area contributed by atoms with Gasteiger partial charge in [0.05, 0.1) is 17.5 Å². The third-order valence-electron chi connectivity index (χ3n) is 3.48. The summed E-state index contributed by atoms with van der Waals surface area (Å²) in [5.74, 6) is 0.312. The second kappa shape index (κ2) is 5.83. The molecule has 0 radical (unpaired) electrons. The zero-order chi connectivity index (χ0) is 14.0.